The first-order valence-corrected chi connectivity index (χ1v) is 18.1. The lowest BCUT2D eigenvalue weighted by molar-refractivity contribution is -0.385. The molecule has 4 heterocycles. The van der Waals surface area contributed by atoms with E-state index in [1.54, 1.807) is 0 Å². The summed E-state index contributed by atoms with van der Waals surface area (Å²) in [6.07, 6.45) is -31.1. The van der Waals surface area contributed by atoms with E-state index in [-0.39, 0.29) is 32.1 Å². The van der Waals surface area contributed by atoms with Crippen LogP contribution in [0.15, 0.2) is 0 Å². The molecule has 2 saturated carbocycles. The fraction of sp³-hybridized carbons (Fsp3) is 1.00. The van der Waals surface area contributed by atoms with Gasteiger partial charge >= 0.3 is 0 Å². The molecule has 6 fully saturated rings. The van der Waals surface area contributed by atoms with Gasteiger partial charge in [-0.3, -0.25) is 0 Å². The zero-order valence-corrected chi connectivity index (χ0v) is 28.7. The maximum Gasteiger partial charge on any atom is 0.187 e. The quantitative estimate of drug-likeness (QED) is 0.0967. The van der Waals surface area contributed by atoms with Gasteiger partial charge in [-0.1, -0.05) is 0 Å². The maximum absolute atomic E-state index is 11.2. The normalized spacial score (nSPS) is 55.4. The Kier molecular flexibility index (Phi) is 13.7. The molecule has 15 N–H and O–H groups in total. The van der Waals surface area contributed by atoms with Crippen LogP contribution in [0, 0.1) is 11.8 Å². The molecular weight excluding hydrogens is 720 g/mol. The van der Waals surface area contributed by atoms with Crippen LogP contribution in [0.4, 0.5) is 0 Å². The molecular formula is C32H55O21+. The molecule has 4 saturated heterocycles. The highest BCUT2D eigenvalue weighted by molar-refractivity contribution is 5.01. The van der Waals surface area contributed by atoms with Gasteiger partial charge in [0.05, 0.1) is 50.2 Å². The molecule has 6 aliphatic rings. The Morgan fingerprint density at radius 1 is 0.509 bits per heavy atom. The molecule has 0 aromatic carbocycles. The van der Waals surface area contributed by atoms with Crippen LogP contribution in [-0.4, -0.2) is 231 Å². The first-order chi connectivity index (χ1) is 25.1. The number of aliphatic hydroxyl groups is 16. The summed E-state index contributed by atoms with van der Waals surface area (Å²) in [5, 5.41) is 146. The Morgan fingerprint density at radius 3 is 1.74 bits per heavy atom. The van der Waals surface area contributed by atoms with Gasteiger partial charge in [0, 0.05) is 18.8 Å². The van der Waals surface area contributed by atoms with Crippen LogP contribution in [0.1, 0.15) is 32.1 Å². The Labute approximate surface area is 303 Å². The first-order valence-electron chi connectivity index (χ1n) is 18.1. The van der Waals surface area contributed by atoms with E-state index in [0.29, 0.717) is 0 Å². The second-order valence-electron chi connectivity index (χ2n) is 15.2. The van der Waals surface area contributed by atoms with Gasteiger partial charge in [0.2, 0.25) is 0 Å². The molecule has 0 bridgehead atoms. The summed E-state index contributed by atoms with van der Waals surface area (Å²) in [5.41, 5.74) is 0. The monoisotopic (exact) mass is 775 g/mol. The molecule has 22 atom stereocenters. The van der Waals surface area contributed by atoms with Gasteiger partial charge in [0.1, 0.15) is 79.4 Å². The minimum atomic E-state index is -1.82. The third-order valence-electron chi connectivity index (χ3n) is 11.6. The Morgan fingerprint density at radius 2 is 1.09 bits per heavy atom. The van der Waals surface area contributed by atoms with Gasteiger partial charge in [0.25, 0.3) is 0 Å². The average Bonchev–Trinajstić information content (AvgIpc) is 3.13. The molecule has 6 rings (SSSR count). The molecule has 0 aromatic heterocycles. The SMILES string of the molecule is OC[C@H]1O[C@@H](OC2CC3C(O[C@@H]4O[C@H](CO)[C@@H](O)[C@H](O)[C@H]4O)CC(O)CC3[OH+]C2C2CC(O)C(O)C(O)C2)[C@H](O[C@@H]2OC[C@@H](O)[C@H](O)[C@H]2O)[C@@H](O)[C@H]1O. The Hall–Kier alpha value is -0.840. The van der Waals surface area contributed by atoms with Crippen LogP contribution in [0.25, 0.3) is 0 Å². The van der Waals surface area contributed by atoms with Crippen molar-refractivity contribution in [1.29, 1.82) is 0 Å². The van der Waals surface area contributed by atoms with Crippen LogP contribution in [0.2, 0.25) is 0 Å². The van der Waals surface area contributed by atoms with Crippen molar-refractivity contribution >= 4 is 0 Å². The van der Waals surface area contributed by atoms with Crippen LogP contribution < -0.4 is 0 Å². The van der Waals surface area contributed by atoms with E-state index in [1.807, 2.05) is 0 Å². The van der Waals surface area contributed by atoms with Crippen molar-refractivity contribution < 1.29 is 105 Å². The van der Waals surface area contributed by atoms with Gasteiger partial charge in [-0.15, -0.1) is 0 Å². The number of ether oxygens (including phenoxy) is 7. The van der Waals surface area contributed by atoms with Crippen molar-refractivity contribution in [3.63, 3.8) is 0 Å². The summed E-state index contributed by atoms with van der Waals surface area (Å²) in [5.74, 6) is -1.23. The summed E-state index contributed by atoms with van der Waals surface area (Å²) in [4.78, 5) is 0. The number of hydrogen-bond donors (Lipinski definition) is 14. The fourth-order valence-corrected chi connectivity index (χ4v) is 8.58. The van der Waals surface area contributed by atoms with E-state index in [1.165, 1.54) is 0 Å². The van der Waals surface area contributed by atoms with Crippen molar-refractivity contribution in [1.82, 2.24) is 0 Å². The molecule has 0 amide bonds. The van der Waals surface area contributed by atoms with Gasteiger partial charge in [0.15, 0.2) is 31.1 Å². The van der Waals surface area contributed by atoms with Crippen molar-refractivity contribution in [3.05, 3.63) is 0 Å². The minimum absolute atomic E-state index is 0.00435. The van der Waals surface area contributed by atoms with Crippen molar-refractivity contribution in [3.8, 4) is 0 Å². The zero-order chi connectivity index (χ0) is 38.5. The molecule has 308 valence electrons. The lowest BCUT2D eigenvalue weighted by Gasteiger charge is -2.51. The van der Waals surface area contributed by atoms with E-state index < -0.39 is 167 Å². The van der Waals surface area contributed by atoms with E-state index in [2.05, 4.69) is 0 Å². The van der Waals surface area contributed by atoms with E-state index in [9.17, 15) is 71.5 Å². The summed E-state index contributed by atoms with van der Waals surface area (Å²) in [7, 11) is 0. The smallest absolute Gasteiger partial charge is 0.187 e. The summed E-state index contributed by atoms with van der Waals surface area (Å²) in [6, 6.07) is 0. The Bertz CT molecular complexity index is 1160. The second kappa shape index (κ2) is 17.3. The molecule has 8 unspecified atom stereocenters. The third kappa shape index (κ3) is 8.56. The van der Waals surface area contributed by atoms with Gasteiger partial charge < -0.3 is 105 Å². The van der Waals surface area contributed by atoms with Crippen LogP contribution in [0.3, 0.4) is 0 Å². The molecule has 0 spiro atoms. The molecule has 21 nitrogen and oxygen atoms in total. The van der Waals surface area contributed by atoms with E-state index in [0.717, 1.165) is 0 Å². The van der Waals surface area contributed by atoms with E-state index >= 15 is 0 Å². The van der Waals surface area contributed by atoms with E-state index in [4.69, 9.17) is 33.2 Å². The summed E-state index contributed by atoms with van der Waals surface area (Å²) >= 11 is 0. The van der Waals surface area contributed by atoms with Crippen molar-refractivity contribution in [2.75, 3.05) is 19.8 Å². The van der Waals surface area contributed by atoms with Crippen LogP contribution in [0.5, 0.6) is 0 Å². The highest BCUT2D eigenvalue weighted by atomic mass is 16.8. The lowest BCUT2D eigenvalue weighted by atomic mass is 9.72. The predicted molar refractivity (Wildman–Crippen MR) is 168 cm³/mol. The highest BCUT2D eigenvalue weighted by Crippen LogP contribution is 2.44. The topological polar surface area (TPSA) is 351 Å². The molecule has 0 aromatic rings. The average molecular weight is 776 g/mol. The van der Waals surface area contributed by atoms with Crippen LogP contribution >= 0.6 is 0 Å². The fourth-order valence-electron chi connectivity index (χ4n) is 8.58. The number of hydrogen-bond acceptors (Lipinski definition) is 20. The third-order valence-corrected chi connectivity index (χ3v) is 11.6. The van der Waals surface area contributed by atoms with Crippen LogP contribution in [-0.2, 0) is 28.4 Å². The number of fused-ring (bicyclic) bond motifs is 1. The molecule has 53 heavy (non-hydrogen) atoms. The predicted octanol–water partition coefficient (Wildman–Crippen LogP) is -8.25. The van der Waals surface area contributed by atoms with Crippen molar-refractivity contribution in [2.24, 2.45) is 11.8 Å². The molecule has 0 radical (unpaired) electrons. The summed E-state index contributed by atoms with van der Waals surface area (Å²) in [6.45, 7) is -1.92. The maximum atomic E-state index is 11.2. The largest absolute Gasteiger partial charge is 0.427 e. The highest BCUT2D eigenvalue weighted by Gasteiger charge is 2.58. The lowest BCUT2D eigenvalue weighted by Crippen LogP contribution is -2.65. The van der Waals surface area contributed by atoms with Gasteiger partial charge in [-0.25, -0.2) is 0 Å². The minimum Gasteiger partial charge on any atom is -0.427 e. The zero-order valence-electron chi connectivity index (χ0n) is 28.7. The second-order valence-corrected chi connectivity index (χ2v) is 15.2. The van der Waals surface area contributed by atoms with Gasteiger partial charge in [-0.05, 0) is 19.3 Å². The molecule has 2 aliphatic carbocycles. The molecule has 21 heteroatoms. The molecule has 4 aliphatic heterocycles. The number of aliphatic hydroxyl groups excluding tert-OH is 14. The standard InChI is InChI=1S/C32H54O21/c33-6-18-22(41)24(43)27(46)31(51-18)49-16-4-10(35)3-15-11(16)5-17(28(48-15)9-1-12(36)20(39)13(37)2-9)50-32-29(25(44)23(42)19(7-34)52-32)53-30-26(45)21(40)14(38)8-47-30/h9-46H,1-8H2/p+1/t9?,10?,11?,12?,13?,14-,15?,16?,17?,18-,19-,20?,21+,22-,23+,24+,25+,26-,27-,28?,29-,30+,31-,32-/m1/s1. The summed E-state index contributed by atoms with van der Waals surface area (Å²) < 4.78 is 40.2. The Balaban J connectivity index is 1.29. The number of rotatable bonds is 9. The van der Waals surface area contributed by atoms with Gasteiger partial charge in [-0.2, -0.15) is 0 Å². The first kappa shape index (κ1) is 41.8. The van der Waals surface area contributed by atoms with Crippen molar-refractivity contribution in [2.45, 2.75) is 167 Å².